The predicted molar refractivity (Wildman–Crippen MR) is 119 cm³/mol. The highest BCUT2D eigenvalue weighted by Gasteiger charge is 2.48. The van der Waals surface area contributed by atoms with Crippen molar-refractivity contribution in [2.24, 2.45) is 5.92 Å². The first-order chi connectivity index (χ1) is 15.5. The number of rotatable bonds is 7. The Bertz CT molecular complexity index is 1110. The molecule has 4 rings (SSSR count). The number of allylic oxidation sites excluding steroid dienone is 1. The number of ether oxygens (including phenoxy) is 1. The number of β-lactam (4-membered cyclic amide) rings is 1. The van der Waals surface area contributed by atoms with Crippen molar-refractivity contribution >= 4 is 17.2 Å². The first-order valence-electron chi connectivity index (χ1n) is 10.3. The molecule has 0 unspecified atom stereocenters. The Morgan fingerprint density at radius 3 is 2.12 bits per heavy atom. The van der Waals surface area contributed by atoms with Gasteiger partial charge in [0.05, 0.1) is 25.7 Å². The van der Waals surface area contributed by atoms with Gasteiger partial charge in [0, 0.05) is 5.69 Å². The molecule has 1 amide bonds. The molecule has 1 fully saturated rings. The molecule has 1 aliphatic rings. The Morgan fingerprint density at radius 1 is 0.969 bits per heavy atom. The van der Waals surface area contributed by atoms with Crippen molar-refractivity contribution in [3.8, 4) is 5.75 Å². The smallest absolute Gasteiger partial charge is 0.233 e. The van der Waals surface area contributed by atoms with Gasteiger partial charge in [-0.05, 0) is 71.7 Å². The number of aliphatic hydroxyl groups excluding tert-OH is 1. The van der Waals surface area contributed by atoms with Crippen molar-refractivity contribution in [1.82, 2.24) is 0 Å². The zero-order chi connectivity index (χ0) is 22.7. The molecule has 0 spiro atoms. The van der Waals surface area contributed by atoms with Crippen LogP contribution in [0.1, 0.15) is 23.6 Å². The van der Waals surface area contributed by atoms with E-state index in [9.17, 15) is 18.7 Å². The van der Waals surface area contributed by atoms with E-state index in [1.807, 2.05) is 30.3 Å². The summed E-state index contributed by atoms with van der Waals surface area (Å²) in [4.78, 5) is 14.8. The molecule has 3 aromatic carbocycles. The van der Waals surface area contributed by atoms with Gasteiger partial charge in [-0.2, -0.15) is 0 Å². The molecule has 6 heteroatoms. The van der Waals surface area contributed by atoms with Gasteiger partial charge in [-0.1, -0.05) is 30.3 Å². The van der Waals surface area contributed by atoms with Crippen molar-refractivity contribution in [3.05, 3.63) is 102 Å². The molecular weight excluding hydrogens is 412 g/mol. The number of aliphatic hydroxyl groups is 1. The maximum atomic E-state index is 13.4. The van der Waals surface area contributed by atoms with E-state index >= 15 is 0 Å². The van der Waals surface area contributed by atoms with Gasteiger partial charge in [-0.25, -0.2) is 8.78 Å². The molecule has 4 nitrogen and oxygen atoms in total. The predicted octanol–water partition coefficient (Wildman–Crippen LogP) is 5.14. The summed E-state index contributed by atoms with van der Waals surface area (Å²) in [6.07, 6.45) is 2.23. The minimum Gasteiger partial charge on any atom is -0.497 e. The lowest BCUT2D eigenvalue weighted by Crippen LogP contribution is -2.55. The maximum Gasteiger partial charge on any atom is 0.233 e. The highest BCUT2D eigenvalue weighted by Crippen LogP contribution is 2.45. The molecule has 3 aromatic rings. The number of anilines is 1. The number of hydrogen-bond acceptors (Lipinski definition) is 3. The average molecular weight is 435 g/mol. The van der Waals surface area contributed by atoms with Crippen molar-refractivity contribution in [2.45, 2.75) is 12.5 Å². The fourth-order valence-electron chi connectivity index (χ4n) is 4.06. The third kappa shape index (κ3) is 4.27. The second kappa shape index (κ2) is 9.32. The summed E-state index contributed by atoms with van der Waals surface area (Å²) >= 11 is 0. The monoisotopic (exact) mass is 435 g/mol. The number of benzene rings is 3. The Morgan fingerprint density at radius 2 is 1.56 bits per heavy atom. The number of methoxy groups -OCH3 is 1. The van der Waals surface area contributed by atoms with Crippen molar-refractivity contribution in [3.63, 3.8) is 0 Å². The van der Waals surface area contributed by atoms with Gasteiger partial charge in [0.15, 0.2) is 0 Å². The maximum absolute atomic E-state index is 13.4. The van der Waals surface area contributed by atoms with Crippen molar-refractivity contribution < 1.29 is 23.4 Å². The summed E-state index contributed by atoms with van der Waals surface area (Å²) in [6, 6.07) is 19.0. The molecule has 1 N–H and O–H groups in total. The molecule has 0 aromatic heterocycles. The van der Waals surface area contributed by atoms with Crippen LogP contribution in [0.5, 0.6) is 5.75 Å². The molecular formula is C26H23F2NO3. The second-order valence-corrected chi connectivity index (χ2v) is 7.64. The van der Waals surface area contributed by atoms with Gasteiger partial charge in [-0.15, -0.1) is 0 Å². The summed E-state index contributed by atoms with van der Waals surface area (Å²) < 4.78 is 31.9. The molecule has 0 aliphatic carbocycles. The zero-order valence-corrected chi connectivity index (χ0v) is 17.5. The minimum absolute atomic E-state index is 0.0786. The van der Waals surface area contributed by atoms with Gasteiger partial charge >= 0.3 is 0 Å². The van der Waals surface area contributed by atoms with Crippen LogP contribution in [0, 0.1) is 17.6 Å². The standard InChI is InChI=1S/C26H23F2NO3/c1-32-23-13-4-18(5-14-23)25-24(26(31)29(25)22-11-9-21(28)10-12-22)15-6-19(16-30)17-2-7-20(27)8-3-17/h2-14,24-25,30H,15-16H2,1H3/t24-,25-/m1/s1. The lowest BCUT2D eigenvalue weighted by Gasteiger charge is -2.47. The molecule has 1 aliphatic heterocycles. The lowest BCUT2D eigenvalue weighted by molar-refractivity contribution is -0.130. The van der Waals surface area contributed by atoms with E-state index in [1.165, 1.54) is 24.3 Å². The average Bonchev–Trinajstić information content (AvgIpc) is 2.82. The van der Waals surface area contributed by atoms with Crippen LogP contribution in [-0.2, 0) is 4.79 Å². The summed E-state index contributed by atoms with van der Waals surface area (Å²) in [5, 5.41) is 9.81. The quantitative estimate of drug-likeness (QED) is 0.523. The van der Waals surface area contributed by atoms with Gasteiger partial charge in [0.1, 0.15) is 17.4 Å². The number of hydrogen-bond donors (Lipinski definition) is 1. The number of carbonyl (C=O) groups excluding carboxylic acids is 1. The molecule has 0 saturated carbocycles. The molecule has 1 saturated heterocycles. The van der Waals surface area contributed by atoms with Crippen molar-refractivity contribution in [1.29, 1.82) is 0 Å². The highest BCUT2D eigenvalue weighted by atomic mass is 19.1. The van der Waals surface area contributed by atoms with Crippen LogP contribution in [-0.4, -0.2) is 24.7 Å². The van der Waals surface area contributed by atoms with Crippen LogP contribution in [0.15, 0.2) is 78.9 Å². The van der Waals surface area contributed by atoms with Crippen LogP contribution in [0.3, 0.4) is 0 Å². The summed E-state index contributed by atoms with van der Waals surface area (Å²) in [6.45, 7) is -0.221. The molecule has 0 bridgehead atoms. The fourth-order valence-corrected chi connectivity index (χ4v) is 4.06. The summed E-state index contributed by atoms with van der Waals surface area (Å²) in [5.74, 6) is -0.438. The van der Waals surface area contributed by atoms with Crippen molar-refractivity contribution in [2.75, 3.05) is 18.6 Å². The largest absolute Gasteiger partial charge is 0.497 e. The van der Waals surface area contributed by atoms with E-state index in [0.717, 1.165) is 5.56 Å². The Balaban J connectivity index is 1.63. The van der Waals surface area contributed by atoms with E-state index in [0.29, 0.717) is 29.0 Å². The fraction of sp³-hybridized carbons (Fsp3) is 0.192. The molecule has 164 valence electrons. The Kier molecular flexibility index (Phi) is 6.32. The Hall–Kier alpha value is -3.51. The number of carbonyl (C=O) groups is 1. The van der Waals surface area contributed by atoms with Crippen LogP contribution in [0.25, 0.3) is 5.57 Å². The number of amides is 1. The van der Waals surface area contributed by atoms with Crippen LogP contribution in [0.2, 0.25) is 0 Å². The van der Waals surface area contributed by atoms with Gasteiger partial charge in [0.25, 0.3) is 0 Å². The number of nitrogens with zero attached hydrogens (tertiary/aromatic N) is 1. The zero-order valence-electron chi connectivity index (χ0n) is 17.5. The first-order valence-corrected chi connectivity index (χ1v) is 10.3. The third-order valence-electron chi connectivity index (χ3n) is 5.78. The molecule has 2 atom stereocenters. The SMILES string of the molecule is COc1ccc([C@@H]2[C@@H](CC=C(CO)c3ccc(F)cc3)C(=O)N2c2ccc(F)cc2)cc1. The molecule has 32 heavy (non-hydrogen) atoms. The van der Waals surface area contributed by atoms with E-state index in [1.54, 1.807) is 36.3 Å². The minimum atomic E-state index is -0.367. The molecule has 0 radical (unpaired) electrons. The normalized spacial score (nSPS) is 18.4. The van der Waals surface area contributed by atoms with Gasteiger partial charge in [0.2, 0.25) is 5.91 Å². The topological polar surface area (TPSA) is 49.8 Å². The highest BCUT2D eigenvalue weighted by molar-refractivity contribution is 6.03. The van der Waals surface area contributed by atoms with E-state index < -0.39 is 0 Å². The molecule has 1 heterocycles. The second-order valence-electron chi connectivity index (χ2n) is 7.64. The van der Waals surface area contributed by atoms with E-state index in [-0.39, 0.29) is 36.1 Å². The van der Waals surface area contributed by atoms with Gasteiger partial charge in [-0.3, -0.25) is 4.79 Å². The number of halogens is 2. The Labute approximate surface area is 185 Å². The van der Waals surface area contributed by atoms with Gasteiger partial charge < -0.3 is 14.7 Å². The van der Waals surface area contributed by atoms with Crippen LogP contribution >= 0.6 is 0 Å². The first kappa shape index (κ1) is 21.7. The van der Waals surface area contributed by atoms with E-state index in [2.05, 4.69) is 0 Å². The third-order valence-corrected chi connectivity index (χ3v) is 5.78. The van der Waals surface area contributed by atoms with Crippen LogP contribution in [0.4, 0.5) is 14.5 Å². The summed E-state index contributed by atoms with van der Waals surface area (Å²) in [7, 11) is 1.59. The summed E-state index contributed by atoms with van der Waals surface area (Å²) in [5.41, 5.74) is 2.89. The van der Waals surface area contributed by atoms with Crippen LogP contribution < -0.4 is 9.64 Å². The van der Waals surface area contributed by atoms with E-state index in [4.69, 9.17) is 4.74 Å². The lowest BCUT2D eigenvalue weighted by atomic mass is 9.79.